The van der Waals surface area contributed by atoms with E-state index in [2.05, 4.69) is 21.7 Å². The van der Waals surface area contributed by atoms with Crippen LogP contribution in [0.1, 0.15) is 12.5 Å². The van der Waals surface area contributed by atoms with Crippen LogP contribution in [0.5, 0.6) is 17.2 Å². The van der Waals surface area contributed by atoms with E-state index in [0.717, 1.165) is 5.69 Å². The highest BCUT2D eigenvalue weighted by molar-refractivity contribution is 6.30. The van der Waals surface area contributed by atoms with Crippen LogP contribution in [0.3, 0.4) is 0 Å². The van der Waals surface area contributed by atoms with Crippen LogP contribution in [0.2, 0.25) is 5.02 Å². The zero-order valence-corrected chi connectivity index (χ0v) is 17.1. The van der Waals surface area contributed by atoms with Crippen LogP contribution in [-0.2, 0) is 4.79 Å². The Morgan fingerprint density at radius 1 is 1.13 bits per heavy atom. The highest BCUT2D eigenvalue weighted by Crippen LogP contribution is 2.32. The van der Waals surface area contributed by atoms with Gasteiger partial charge in [0.1, 0.15) is 17.6 Å². The van der Waals surface area contributed by atoms with Gasteiger partial charge in [0.15, 0.2) is 11.5 Å². The summed E-state index contributed by atoms with van der Waals surface area (Å²) in [6, 6.07) is 16.9. The number of rotatable bonds is 7. The molecular weight excluding hydrogens is 404 g/mol. The van der Waals surface area contributed by atoms with Crippen molar-refractivity contribution >= 4 is 29.0 Å². The van der Waals surface area contributed by atoms with Crippen LogP contribution < -0.4 is 20.1 Å². The Morgan fingerprint density at radius 3 is 2.53 bits per heavy atom. The number of hydrogen-bond acceptors (Lipinski definition) is 6. The second kappa shape index (κ2) is 9.63. The van der Waals surface area contributed by atoms with Crippen LogP contribution in [-0.4, -0.2) is 24.0 Å². The maximum Gasteiger partial charge on any atom is 0.247 e. The Labute approximate surface area is 179 Å². The zero-order chi connectivity index (χ0) is 21.5. The van der Waals surface area contributed by atoms with Crippen LogP contribution >= 0.6 is 11.6 Å². The van der Waals surface area contributed by atoms with E-state index in [4.69, 9.17) is 26.3 Å². The van der Waals surface area contributed by atoms with E-state index >= 15 is 0 Å². The molecule has 0 aliphatic heterocycles. The highest BCUT2D eigenvalue weighted by atomic mass is 35.5. The molecule has 1 unspecified atom stereocenters. The molecule has 1 aromatic heterocycles. The van der Waals surface area contributed by atoms with Crippen molar-refractivity contribution in [1.82, 2.24) is 4.98 Å². The van der Waals surface area contributed by atoms with Gasteiger partial charge in [-0.25, -0.2) is 4.98 Å². The predicted molar refractivity (Wildman–Crippen MR) is 115 cm³/mol. The summed E-state index contributed by atoms with van der Waals surface area (Å²) in [7, 11) is 1.52. The Balaban J connectivity index is 1.61. The number of nitrogens with one attached hydrogen (secondary N) is 2. The average molecular weight is 423 g/mol. The van der Waals surface area contributed by atoms with E-state index in [1.54, 1.807) is 61.5 Å². The van der Waals surface area contributed by atoms with Gasteiger partial charge in [-0.1, -0.05) is 11.6 Å². The quantitative estimate of drug-likeness (QED) is 0.565. The molecule has 2 N–H and O–H groups in total. The molecule has 0 saturated carbocycles. The van der Waals surface area contributed by atoms with Gasteiger partial charge < -0.3 is 20.1 Å². The first kappa shape index (κ1) is 21.0. The van der Waals surface area contributed by atoms with Crippen LogP contribution in [0, 0.1) is 11.3 Å². The maximum absolute atomic E-state index is 12.3. The number of ether oxygens (including phenoxy) is 2. The molecule has 0 aliphatic rings. The summed E-state index contributed by atoms with van der Waals surface area (Å²) in [5.74, 6) is 1.76. The van der Waals surface area contributed by atoms with Gasteiger partial charge in [0.05, 0.1) is 23.8 Å². The first-order valence-electron chi connectivity index (χ1n) is 9.03. The lowest BCUT2D eigenvalue weighted by Gasteiger charge is -2.16. The van der Waals surface area contributed by atoms with E-state index in [-0.39, 0.29) is 5.91 Å². The summed E-state index contributed by atoms with van der Waals surface area (Å²) in [6.07, 6.45) is 1.47. The van der Waals surface area contributed by atoms with E-state index in [1.807, 2.05) is 0 Å². The van der Waals surface area contributed by atoms with Gasteiger partial charge in [0.2, 0.25) is 5.91 Å². The molecule has 1 amide bonds. The number of benzene rings is 2. The molecule has 0 aliphatic carbocycles. The van der Waals surface area contributed by atoms with Crippen molar-refractivity contribution in [2.24, 2.45) is 0 Å². The van der Waals surface area contributed by atoms with Crippen molar-refractivity contribution in [3.8, 4) is 23.3 Å². The summed E-state index contributed by atoms with van der Waals surface area (Å²) in [5, 5.41) is 15.3. The fourth-order valence-electron chi connectivity index (χ4n) is 2.57. The molecule has 2 aromatic carbocycles. The summed E-state index contributed by atoms with van der Waals surface area (Å²) >= 11 is 5.79. The standard InChI is InChI=1S/C22H19ClN4O3/c1-14(22(28)27-21-10-4-16(23)13-25-21)26-17-5-7-18(8-6-17)30-19-9-3-15(12-24)11-20(19)29-2/h3-11,13-14,26H,1-2H3,(H,25,27,28). The van der Waals surface area contributed by atoms with Gasteiger partial charge >= 0.3 is 0 Å². The molecule has 7 nitrogen and oxygen atoms in total. The van der Waals surface area contributed by atoms with Gasteiger partial charge in [-0.3, -0.25) is 4.79 Å². The smallest absolute Gasteiger partial charge is 0.247 e. The topological polar surface area (TPSA) is 96.3 Å². The molecule has 1 atom stereocenters. The third kappa shape index (κ3) is 5.40. The van der Waals surface area contributed by atoms with Gasteiger partial charge in [0.25, 0.3) is 0 Å². The minimum atomic E-state index is -0.493. The van der Waals surface area contributed by atoms with E-state index in [1.165, 1.54) is 13.3 Å². The summed E-state index contributed by atoms with van der Waals surface area (Å²) in [5.41, 5.74) is 1.24. The van der Waals surface area contributed by atoms with Crippen molar-refractivity contribution in [2.75, 3.05) is 17.7 Å². The fraction of sp³-hybridized carbons (Fsp3) is 0.136. The average Bonchev–Trinajstić information content (AvgIpc) is 2.76. The third-order valence-electron chi connectivity index (χ3n) is 4.13. The number of nitrogens with zero attached hydrogens (tertiary/aromatic N) is 2. The highest BCUT2D eigenvalue weighted by Gasteiger charge is 2.14. The summed E-state index contributed by atoms with van der Waals surface area (Å²) < 4.78 is 11.1. The van der Waals surface area contributed by atoms with Crippen LogP contribution in [0.4, 0.5) is 11.5 Å². The molecule has 8 heteroatoms. The SMILES string of the molecule is COc1cc(C#N)ccc1Oc1ccc(NC(C)C(=O)Nc2ccc(Cl)cn2)cc1. The van der Waals surface area contributed by atoms with Crippen molar-refractivity contribution in [2.45, 2.75) is 13.0 Å². The summed E-state index contributed by atoms with van der Waals surface area (Å²) in [6.45, 7) is 1.75. The third-order valence-corrected chi connectivity index (χ3v) is 4.35. The van der Waals surface area contributed by atoms with Crippen molar-refractivity contribution < 1.29 is 14.3 Å². The molecule has 0 fully saturated rings. The number of aromatic nitrogens is 1. The van der Waals surface area contributed by atoms with Gasteiger partial charge in [-0.2, -0.15) is 5.26 Å². The number of halogens is 1. The van der Waals surface area contributed by atoms with Gasteiger partial charge in [-0.15, -0.1) is 0 Å². The number of carbonyl (C=O) groups is 1. The molecule has 3 aromatic rings. The molecule has 152 valence electrons. The first-order chi connectivity index (χ1) is 14.5. The number of amides is 1. The largest absolute Gasteiger partial charge is 0.493 e. The number of methoxy groups -OCH3 is 1. The lowest BCUT2D eigenvalue weighted by atomic mass is 10.2. The minimum absolute atomic E-state index is 0.229. The molecule has 30 heavy (non-hydrogen) atoms. The number of carbonyl (C=O) groups excluding carboxylic acids is 1. The Kier molecular flexibility index (Phi) is 6.73. The molecule has 1 heterocycles. The lowest BCUT2D eigenvalue weighted by molar-refractivity contribution is -0.116. The first-order valence-corrected chi connectivity index (χ1v) is 9.41. The number of hydrogen-bond donors (Lipinski definition) is 2. The molecule has 0 bridgehead atoms. The van der Waals surface area contributed by atoms with E-state index < -0.39 is 6.04 Å². The van der Waals surface area contributed by atoms with Gasteiger partial charge in [-0.05, 0) is 55.5 Å². The van der Waals surface area contributed by atoms with E-state index in [9.17, 15) is 4.79 Å². The Bertz CT molecular complexity index is 1060. The molecule has 3 rings (SSSR count). The monoisotopic (exact) mass is 422 g/mol. The van der Waals surface area contributed by atoms with Crippen LogP contribution in [0.25, 0.3) is 0 Å². The second-order valence-corrected chi connectivity index (χ2v) is 6.76. The lowest BCUT2D eigenvalue weighted by Crippen LogP contribution is -2.32. The molecule has 0 spiro atoms. The zero-order valence-electron chi connectivity index (χ0n) is 16.3. The molecular formula is C22H19ClN4O3. The molecule has 0 radical (unpaired) electrons. The predicted octanol–water partition coefficient (Wildman–Crippen LogP) is 4.85. The Morgan fingerprint density at radius 2 is 1.90 bits per heavy atom. The number of nitriles is 1. The van der Waals surface area contributed by atoms with Crippen molar-refractivity contribution in [3.63, 3.8) is 0 Å². The van der Waals surface area contributed by atoms with Crippen molar-refractivity contribution in [3.05, 3.63) is 71.4 Å². The van der Waals surface area contributed by atoms with E-state index in [0.29, 0.717) is 33.7 Å². The fourth-order valence-corrected chi connectivity index (χ4v) is 2.68. The summed E-state index contributed by atoms with van der Waals surface area (Å²) in [4.78, 5) is 16.4. The maximum atomic E-state index is 12.3. The number of pyridine rings is 1. The normalized spacial score (nSPS) is 11.1. The van der Waals surface area contributed by atoms with Crippen LogP contribution in [0.15, 0.2) is 60.8 Å². The number of anilines is 2. The molecule has 0 saturated heterocycles. The second-order valence-electron chi connectivity index (χ2n) is 6.32. The Hall–Kier alpha value is -3.76. The van der Waals surface area contributed by atoms with Gasteiger partial charge in [0, 0.05) is 18.0 Å². The minimum Gasteiger partial charge on any atom is -0.493 e. The van der Waals surface area contributed by atoms with Crippen molar-refractivity contribution in [1.29, 1.82) is 5.26 Å².